The standard InChI is InChI=1S/C15H16FN3O/c1-9-7-13(17)14(8-10(9)2)19-15(20)18-12-5-3-11(16)4-6-12/h3-8H,17H2,1-2H3,(H2,18,19,20). The van der Waals surface area contributed by atoms with Crippen molar-refractivity contribution < 1.29 is 9.18 Å². The van der Waals surface area contributed by atoms with Crippen LogP contribution < -0.4 is 16.4 Å². The zero-order valence-corrected chi connectivity index (χ0v) is 11.3. The van der Waals surface area contributed by atoms with Crippen molar-refractivity contribution in [2.24, 2.45) is 0 Å². The number of urea groups is 1. The Morgan fingerprint density at radius 2 is 1.65 bits per heavy atom. The highest BCUT2D eigenvalue weighted by atomic mass is 19.1. The van der Waals surface area contributed by atoms with E-state index in [0.29, 0.717) is 17.1 Å². The first-order valence-electron chi connectivity index (χ1n) is 6.16. The van der Waals surface area contributed by atoms with Crippen LogP contribution in [0.1, 0.15) is 11.1 Å². The van der Waals surface area contributed by atoms with Crippen molar-refractivity contribution in [1.29, 1.82) is 0 Å². The molecule has 104 valence electrons. The van der Waals surface area contributed by atoms with Gasteiger partial charge in [-0.05, 0) is 61.4 Å². The summed E-state index contributed by atoms with van der Waals surface area (Å²) in [5, 5.41) is 5.28. The Balaban J connectivity index is 2.08. The van der Waals surface area contributed by atoms with Gasteiger partial charge in [0.25, 0.3) is 0 Å². The maximum absolute atomic E-state index is 12.8. The normalized spacial score (nSPS) is 10.2. The first kappa shape index (κ1) is 13.9. The highest BCUT2D eigenvalue weighted by Gasteiger charge is 2.07. The first-order chi connectivity index (χ1) is 9.45. The third-order valence-electron chi connectivity index (χ3n) is 3.02. The predicted molar refractivity (Wildman–Crippen MR) is 79.4 cm³/mol. The Kier molecular flexibility index (Phi) is 3.89. The summed E-state index contributed by atoms with van der Waals surface area (Å²) in [7, 11) is 0. The van der Waals surface area contributed by atoms with Crippen LogP contribution in [0.25, 0.3) is 0 Å². The van der Waals surface area contributed by atoms with Crippen molar-refractivity contribution in [1.82, 2.24) is 0 Å². The second kappa shape index (κ2) is 5.61. The summed E-state index contributed by atoms with van der Waals surface area (Å²) in [6, 6.07) is 8.72. The van der Waals surface area contributed by atoms with E-state index in [9.17, 15) is 9.18 Å². The summed E-state index contributed by atoms with van der Waals surface area (Å²) < 4.78 is 12.8. The minimum atomic E-state index is -0.424. The smallest absolute Gasteiger partial charge is 0.323 e. The van der Waals surface area contributed by atoms with Gasteiger partial charge in [-0.15, -0.1) is 0 Å². The molecule has 0 aromatic heterocycles. The van der Waals surface area contributed by atoms with Crippen molar-refractivity contribution in [3.8, 4) is 0 Å². The van der Waals surface area contributed by atoms with Crippen LogP contribution in [0, 0.1) is 19.7 Å². The lowest BCUT2D eigenvalue weighted by molar-refractivity contribution is 0.262. The SMILES string of the molecule is Cc1cc(N)c(NC(=O)Nc2ccc(F)cc2)cc1C. The van der Waals surface area contributed by atoms with Gasteiger partial charge in [0, 0.05) is 5.69 Å². The fourth-order valence-electron chi connectivity index (χ4n) is 1.76. The van der Waals surface area contributed by atoms with Gasteiger partial charge >= 0.3 is 6.03 Å². The van der Waals surface area contributed by atoms with E-state index < -0.39 is 6.03 Å². The quantitative estimate of drug-likeness (QED) is 0.731. The molecular formula is C15H16FN3O. The van der Waals surface area contributed by atoms with Crippen LogP contribution in [0.4, 0.5) is 26.2 Å². The number of benzene rings is 2. The van der Waals surface area contributed by atoms with Gasteiger partial charge in [0.2, 0.25) is 0 Å². The maximum Gasteiger partial charge on any atom is 0.323 e. The molecule has 0 unspecified atom stereocenters. The van der Waals surface area contributed by atoms with Crippen LogP contribution in [0.3, 0.4) is 0 Å². The average molecular weight is 273 g/mol. The molecule has 0 saturated heterocycles. The first-order valence-corrected chi connectivity index (χ1v) is 6.16. The number of anilines is 3. The molecule has 0 saturated carbocycles. The van der Waals surface area contributed by atoms with E-state index >= 15 is 0 Å². The van der Waals surface area contributed by atoms with Gasteiger partial charge in [-0.2, -0.15) is 0 Å². The fraction of sp³-hybridized carbons (Fsp3) is 0.133. The summed E-state index contributed by atoms with van der Waals surface area (Å²) in [4.78, 5) is 11.8. The Morgan fingerprint density at radius 1 is 1.05 bits per heavy atom. The zero-order chi connectivity index (χ0) is 14.7. The van der Waals surface area contributed by atoms with Crippen LogP contribution in [-0.2, 0) is 0 Å². The lowest BCUT2D eigenvalue weighted by atomic mass is 10.1. The number of hydrogen-bond donors (Lipinski definition) is 3. The second-order valence-corrected chi connectivity index (χ2v) is 4.61. The van der Waals surface area contributed by atoms with Crippen molar-refractivity contribution >= 4 is 23.1 Å². The topological polar surface area (TPSA) is 67.1 Å². The Bertz CT molecular complexity index is 638. The molecule has 5 heteroatoms. The molecule has 20 heavy (non-hydrogen) atoms. The molecule has 0 radical (unpaired) electrons. The lowest BCUT2D eigenvalue weighted by Gasteiger charge is -2.12. The molecule has 0 heterocycles. The average Bonchev–Trinajstić information content (AvgIpc) is 2.39. The molecule has 2 amide bonds. The van der Waals surface area contributed by atoms with Gasteiger partial charge in [0.1, 0.15) is 5.82 Å². The van der Waals surface area contributed by atoms with Crippen LogP contribution in [0.2, 0.25) is 0 Å². The molecule has 0 aliphatic rings. The molecule has 0 spiro atoms. The monoisotopic (exact) mass is 273 g/mol. The number of nitrogens with one attached hydrogen (secondary N) is 2. The van der Waals surface area contributed by atoms with E-state index in [1.54, 1.807) is 0 Å². The van der Waals surface area contributed by atoms with E-state index in [0.717, 1.165) is 11.1 Å². The summed E-state index contributed by atoms with van der Waals surface area (Å²) in [6.07, 6.45) is 0. The molecule has 4 N–H and O–H groups in total. The Morgan fingerprint density at radius 3 is 2.30 bits per heavy atom. The molecule has 0 aliphatic carbocycles. The number of carbonyl (C=O) groups is 1. The lowest BCUT2D eigenvalue weighted by Crippen LogP contribution is -2.20. The highest BCUT2D eigenvalue weighted by molar-refractivity contribution is 6.01. The van der Waals surface area contributed by atoms with E-state index in [2.05, 4.69) is 10.6 Å². The van der Waals surface area contributed by atoms with E-state index in [1.165, 1.54) is 24.3 Å². The number of aryl methyl sites for hydroxylation is 2. The van der Waals surface area contributed by atoms with Gasteiger partial charge in [0.15, 0.2) is 0 Å². The molecule has 2 rings (SSSR count). The third-order valence-corrected chi connectivity index (χ3v) is 3.02. The fourth-order valence-corrected chi connectivity index (χ4v) is 1.76. The van der Waals surface area contributed by atoms with Gasteiger partial charge in [0.05, 0.1) is 11.4 Å². The second-order valence-electron chi connectivity index (χ2n) is 4.61. The molecule has 0 bridgehead atoms. The molecule has 0 aliphatic heterocycles. The summed E-state index contributed by atoms with van der Waals surface area (Å²) in [5.74, 6) is -0.352. The summed E-state index contributed by atoms with van der Waals surface area (Å²) in [5.41, 5.74) is 9.52. The molecule has 0 fully saturated rings. The van der Waals surface area contributed by atoms with Crippen molar-refractivity contribution in [3.05, 3.63) is 53.3 Å². The molecule has 2 aromatic carbocycles. The Hall–Kier alpha value is -2.56. The third kappa shape index (κ3) is 3.26. The molecule has 2 aromatic rings. The van der Waals surface area contributed by atoms with Gasteiger partial charge in [-0.1, -0.05) is 0 Å². The number of halogens is 1. The van der Waals surface area contributed by atoms with Crippen molar-refractivity contribution in [2.45, 2.75) is 13.8 Å². The van der Waals surface area contributed by atoms with Gasteiger partial charge in [-0.25, -0.2) is 9.18 Å². The van der Waals surface area contributed by atoms with E-state index in [4.69, 9.17) is 5.73 Å². The van der Waals surface area contributed by atoms with Crippen LogP contribution >= 0.6 is 0 Å². The minimum absolute atomic E-state index is 0.352. The predicted octanol–water partition coefficient (Wildman–Crippen LogP) is 3.67. The molecule has 4 nitrogen and oxygen atoms in total. The van der Waals surface area contributed by atoms with Crippen molar-refractivity contribution in [3.63, 3.8) is 0 Å². The van der Waals surface area contributed by atoms with Crippen molar-refractivity contribution in [2.75, 3.05) is 16.4 Å². The number of carbonyl (C=O) groups excluding carboxylic acids is 1. The number of nitrogen functional groups attached to an aromatic ring is 1. The summed E-state index contributed by atoms with van der Waals surface area (Å²) in [6.45, 7) is 3.89. The molecular weight excluding hydrogens is 257 g/mol. The Labute approximate surface area is 116 Å². The van der Waals surface area contributed by atoms with Gasteiger partial charge in [-0.3, -0.25) is 0 Å². The highest BCUT2D eigenvalue weighted by Crippen LogP contribution is 2.23. The number of amides is 2. The number of rotatable bonds is 2. The van der Waals surface area contributed by atoms with Crippen LogP contribution in [0.15, 0.2) is 36.4 Å². The van der Waals surface area contributed by atoms with E-state index in [1.807, 2.05) is 26.0 Å². The van der Waals surface area contributed by atoms with Crippen LogP contribution in [0.5, 0.6) is 0 Å². The molecule has 0 atom stereocenters. The van der Waals surface area contributed by atoms with Crippen LogP contribution in [-0.4, -0.2) is 6.03 Å². The van der Waals surface area contributed by atoms with E-state index in [-0.39, 0.29) is 5.82 Å². The summed E-state index contributed by atoms with van der Waals surface area (Å²) >= 11 is 0. The minimum Gasteiger partial charge on any atom is -0.397 e. The number of hydrogen-bond acceptors (Lipinski definition) is 2. The number of nitrogens with two attached hydrogens (primary N) is 1. The largest absolute Gasteiger partial charge is 0.397 e. The van der Waals surface area contributed by atoms with Gasteiger partial charge < -0.3 is 16.4 Å². The zero-order valence-electron chi connectivity index (χ0n) is 11.3. The maximum atomic E-state index is 12.8.